The Morgan fingerprint density at radius 2 is 2.00 bits per heavy atom. The second kappa shape index (κ2) is 8.11. The van der Waals surface area contributed by atoms with Gasteiger partial charge in [0, 0.05) is 57.8 Å². The first-order chi connectivity index (χ1) is 3.31. The van der Waals surface area contributed by atoms with Gasteiger partial charge < -0.3 is 4.74 Å². The molecule has 8 heavy (non-hydrogen) atoms. The minimum atomic E-state index is -0.123. The summed E-state index contributed by atoms with van der Waals surface area (Å²) in [5, 5.41) is 0. The first-order valence-electron chi connectivity index (χ1n) is 2.46. The topological polar surface area (TPSA) is 26.3 Å². The summed E-state index contributed by atoms with van der Waals surface area (Å²) in [4.78, 5) is 10.2. The summed E-state index contributed by atoms with van der Waals surface area (Å²) in [5.74, 6) is -0.123. The molecule has 0 aliphatic rings. The Labute approximate surface area is 92.4 Å². The molecule has 0 bridgehead atoms. The Morgan fingerprint density at radius 3 is 2.12 bits per heavy atom. The predicted molar refractivity (Wildman–Crippen MR) is 32.7 cm³/mol. The maximum atomic E-state index is 10.2. The van der Waals surface area contributed by atoms with Crippen molar-refractivity contribution in [3.8, 4) is 0 Å². The molecule has 0 N–H and O–H groups in total. The standard InChI is InChI=1S/C5H10O2.K/c1-3-5(6)7-4-2;/h3-4H2,1-2H3;. The van der Waals surface area contributed by atoms with Crippen LogP contribution in [0, 0.1) is 0 Å². The molecule has 3 heteroatoms. The Kier molecular flexibility index (Phi) is 12.0. The van der Waals surface area contributed by atoms with Crippen molar-refractivity contribution in [2.75, 3.05) is 6.61 Å². The molecular formula is C5H10KO2. The third kappa shape index (κ3) is 7.11. The third-order valence-corrected chi connectivity index (χ3v) is 0.594. The van der Waals surface area contributed by atoms with Crippen LogP contribution in [0.3, 0.4) is 0 Å². The number of ether oxygens (including phenoxy) is 1. The number of esters is 1. The van der Waals surface area contributed by atoms with Gasteiger partial charge in [-0.15, -0.1) is 0 Å². The quantitative estimate of drug-likeness (QED) is 0.415. The molecule has 0 saturated carbocycles. The molecule has 0 saturated heterocycles. The van der Waals surface area contributed by atoms with Gasteiger partial charge in [0.05, 0.1) is 6.61 Å². The van der Waals surface area contributed by atoms with Crippen LogP contribution in [-0.4, -0.2) is 64.0 Å². The van der Waals surface area contributed by atoms with Crippen LogP contribution in [0.2, 0.25) is 0 Å². The number of rotatable bonds is 2. The van der Waals surface area contributed by atoms with Crippen LogP contribution >= 0.6 is 0 Å². The summed E-state index contributed by atoms with van der Waals surface area (Å²) in [5.41, 5.74) is 0. The molecule has 0 heterocycles. The monoisotopic (exact) mass is 141 g/mol. The second-order valence-corrected chi connectivity index (χ2v) is 1.16. The van der Waals surface area contributed by atoms with Gasteiger partial charge in [0.15, 0.2) is 0 Å². The van der Waals surface area contributed by atoms with Gasteiger partial charge in [-0.2, -0.15) is 0 Å². The van der Waals surface area contributed by atoms with Crippen molar-refractivity contribution >= 4 is 57.4 Å². The molecule has 0 atom stereocenters. The first-order valence-corrected chi connectivity index (χ1v) is 2.46. The summed E-state index contributed by atoms with van der Waals surface area (Å²) < 4.78 is 4.55. The summed E-state index contributed by atoms with van der Waals surface area (Å²) in [6.45, 7) is 4.07. The van der Waals surface area contributed by atoms with Crippen molar-refractivity contribution < 1.29 is 9.53 Å². The minimum Gasteiger partial charge on any atom is -0.466 e. The predicted octanol–water partition coefficient (Wildman–Crippen LogP) is 0.579. The van der Waals surface area contributed by atoms with Crippen molar-refractivity contribution in [1.82, 2.24) is 0 Å². The Hall–Kier alpha value is 1.11. The van der Waals surface area contributed by atoms with Crippen molar-refractivity contribution in [3.05, 3.63) is 0 Å². The van der Waals surface area contributed by atoms with Crippen molar-refractivity contribution in [2.24, 2.45) is 0 Å². The van der Waals surface area contributed by atoms with E-state index in [9.17, 15) is 4.79 Å². The molecule has 0 aromatic heterocycles. The Bertz CT molecular complexity index is 63.4. The van der Waals surface area contributed by atoms with E-state index in [0.29, 0.717) is 13.0 Å². The SMILES string of the molecule is CCOC(=O)CC.[K]. The van der Waals surface area contributed by atoms with Gasteiger partial charge in [0.2, 0.25) is 0 Å². The number of carbonyl (C=O) groups excluding carboxylic acids is 1. The van der Waals surface area contributed by atoms with Gasteiger partial charge in [-0.25, -0.2) is 0 Å². The summed E-state index contributed by atoms with van der Waals surface area (Å²) in [7, 11) is 0. The summed E-state index contributed by atoms with van der Waals surface area (Å²) in [6, 6.07) is 0. The van der Waals surface area contributed by atoms with Gasteiger partial charge in [-0.3, -0.25) is 4.79 Å². The molecule has 0 aliphatic heterocycles. The molecule has 0 fully saturated rings. The third-order valence-electron chi connectivity index (χ3n) is 0.594. The summed E-state index contributed by atoms with van der Waals surface area (Å²) >= 11 is 0. The maximum Gasteiger partial charge on any atom is 0.305 e. The average molecular weight is 141 g/mol. The van der Waals surface area contributed by atoms with Crippen LogP contribution in [0.15, 0.2) is 0 Å². The van der Waals surface area contributed by atoms with Crippen LogP contribution in [0.25, 0.3) is 0 Å². The molecule has 0 aromatic rings. The van der Waals surface area contributed by atoms with Crippen LogP contribution in [0.4, 0.5) is 0 Å². The zero-order chi connectivity index (χ0) is 5.70. The molecule has 2 nitrogen and oxygen atoms in total. The minimum absolute atomic E-state index is 0. The maximum absolute atomic E-state index is 10.2. The molecule has 0 aromatic carbocycles. The van der Waals surface area contributed by atoms with E-state index in [1.807, 2.05) is 0 Å². The van der Waals surface area contributed by atoms with E-state index < -0.39 is 0 Å². The van der Waals surface area contributed by atoms with Gasteiger partial charge in [0.25, 0.3) is 0 Å². The molecule has 0 spiro atoms. The summed E-state index contributed by atoms with van der Waals surface area (Å²) in [6.07, 6.45) is 0.480. The fourth-order valence-electron chi connectivity index (χ4n) is 0.263. The number of hydrogen-bond acceptors (Lipinski definition) is 2. The molecule has 0 unspecified atom stereocenters. The van der Waals surface area contributed by atoms with Crippen molar-refractivity contribution in [2.45, 2.75) is 20.3 Å². The molecule has 0 aliphatic carbocycles. The van der Waals surface area contributed by atoms with E-state index in [2.05, 4.69) is 4.74 Å². The second-order valence-electron chi connectivity index (χ2n) is 1.16. The van der Waals surface area contributed by atoms with Gasteiger partial charge in [0.1, 0.15) is 0 Å². The number of carbonyl (C=O) groups is 1. The van der Waals surface area contributed by atoms with E-state index in [0.717, 1.165) is 0 Å². The van der Waals surface area contributed by atoms with Gasteiger partial charge >= 0.3 is 5.97 Å². The normalized spacial score (nSPS) is 7.25. The zero-order valence-corrected chi connectivity index (χ0v) is 8.85. The Morgan fingerprint density at radius 1 is 1.50 bits per heavy atom. The van der Waals surface area contributed by atoms with Gasteiger partial charge in [-0.1, -0.05) is 6.92 Å². The smallest absolute Gasteiger partial charge is 0.305 e. The van der Waals surface area contributed by atoms with E-state index in [1.165, 1.54) is 0 Å². The van der Waals surface area contributed by atoms with Crippen LogP contribution in [0.5, 0.6) is 0 Å². The van der Waals surface area contributed by atoms with E-state index in [1.54, 1.807) is 13.8 Å². The molecule has 0 rings (SSSR count). The molecule has 43 valence electrons. The van der Waals surface area contributed by atoms with Crippen LogP contribution in [0.1, 0.15) is 20.3 Å². The van der Waals surface area contributed by atoms with Crippen LogP contribution < -0.4 is 0 Å². The van der Waals surface area contributed by atoms with E-state index >= 15 is 0 Å². The largest absolute Gasteiger partial charge is 0.466 e. The fourth-order valence-corrected chi connectivity index (χ4v) is 0.263. The van der Waals surface area contributed by atoms with Crippen molar-refractivity contribution in [3.63, 3.8) is 0 Å². The van der Waals surface area contributed by atoms with E-state index in [-0.39, 0.29) is 57.4 Å². The first kappa shape index (κ1) is 11.8. The molecule has 0 amide bonds. The fraction of sp³-hybridized carbons (Fsp3) is 0.800. The van der Waals surface area contributed by atoms with Gasteiger partial charge in [-0.05, 0) is 6.92 Å². The van der Waals surface area contributed by atoms with Crippen LogP contribution in [-0.2, 0) is 9.53 Å². The zero-order valence-electron chi connectivity index (χ0n) is 5.73. The average Bonchev–Trinajstić information content (AvgIpc) is 1.68. The van der Waals surface area contributed by atoms with Crippen molar-refractivity contribution in [1.29, 1.82) is 0 Å². The Balaban J connectivity index is 0. The molecule has 1 radical (unpaired) electrons. The van der Waals surface area contributed by atoms with E-state index in [4.69, 9.17) is 0 Å². The molecular weight excluding hydrogens is 131 g/mol. The number of hydrogen-bond donors (Lipinski definition) is 0.